The van der Waals surface area contributed by atoms with Gasteiger partial charge in [-0.05, 0) is 42.3 Å². The van der Waals surface area contributed by atoms with E-state index in [1.54, 1.807) is 25.3 Å². The number of thioether (sulfide) groups is 1. The Morgan fingerprint density at radius 1 is 1.21 bits per heavy atom. The van der Waals surface area contributed by atoms with Crippen molar-refractivity contribution in [3.63, 3.8) is 0 Å². The second-order valence-electron chi connectivity index (χ2n) is 6.05. The number of hydrogen-bond donors (Lipinski definition) is 0. The summed E-state index contributed by atoms with van der Waals surface area (Å²) < 4.78 is 11.4. The third-order valence-corrected chi connectivity index (χ3v) is 5.36. The molecule has 1 heterocycles. The summed E-state index contributed by atoms with van der Waals surface area (Å²) in [5, 5.41) is 10.8. The van der Waals surface area contributed by atoms with E-state index in [2.05, 4.69) is 0 Å². The molecule has 0 saturated carbocycles. The molecule has 0 aliphatic carbocycles. The van der Waals surface area contributed by atoms with Crippen LogP contribution in [0, 0.1) is 10.1 Å². The standard InChI is InChI=1S/C20H18N2O5S2/c1-3-10-27-16-9-4-13(11-17(16)26-2)12-18-19(23)21(20(28)29-18)14-5-7-15(8-6-14)22(24)25/h4-9,11-12H,3,10H2,1-2H3/b18-12+. The monoisotopic (exact) mass is 430 g/mol. The van der Waals surface area contributed by atoms with Gasteiger partial charge in [-0.3, -0.25) is 19.8 Å². The Labute approximate surface area is 177 Å². The predicted octanol–water partition coefficient (Wildman–Crippen LogP) is 4.80. The molecule has 0 aromatic heterocycles. The summed E-state index contributed by atoms with van der Waals surface area (Å²) in [6.45, 7) is 2.61. The first-order chi connectivity index (χ1) is 13.9. The number of rotatable bonds is 7. The van der Waals surface area contributed by atoms with Gasteiger partial charge in [0.2, 0.25) is 0 Å². The molecule has 9 heteroatoms. The van der Waals surface area contributed by atoms with Crippen molar-refractivity contribution in [1.82, 2.24) is 0 Å². The van der Waals surface area contributed by atoms with Crippen molar-refractivity contribution >= 4 is 51.7 Å². The van der Waals surface area contributed by atoms with Gasteiger partial charge >= 0.3 is 0 Å². The summed E-state index contributed by atoms with van der Waals surface area (Å²) >= 11 is 6.52. The number of nitro groups is 1. The Kier molecular flexibility index (Phi) is 6.50. The SMILES string of the molecule is CCCOc1ccc(/C=C2/SC(=S)N(c3ccc([N+](=O)[O-])cc3)C2=O)cc1OC. The summed E-state index contributed by atoms with van der Waals surface area (Å²) in [5.74, 6) is 0.946. The average Bonchev–Trinajstić information content (AvgIpc) is 2.99. The third-order valence-electron chi connectivity index (χ3n) is 4.06. The van der Waals surface area contributed by atoms with Gasteiger partial charge in [0.1, 0.15) is 0 Å². The van der Waals surface area contributed by atoms with Crippen LogP contribution < -0.4 is 14.4 Å². The number of hydrogen-bond acceptors (Lipinski definition) is 7. The molecular formula is C20H18N2O5S2. The second-order valence-corrected chi connectivity index (χ2v) is 7.73. The molecule has 150 valence electrons. The van der Waals surface area contributed by atoms with E-state index in [1.165, 1.54) is 40.9 Å². The van der Waals surface area contributed by atoms with E-state index in [-0.39, 0.29) is 11.6 Å². The highest BCUT2D eigenvalue weighted by atomic mass is 32.2. The zero-order chi connectivity index (χ0) is 21.0. The Bertz CT molecular complexity index is 989. The van der Waals surface area contributed by atoms with E-state index in [0.29, 0.717) is 33.0 Å². The lowest BCUT2D eigenvalue weighted by Gasteiger charge is -2.14. The number of carbonyl (C=O) groups excluding carboxylic acids is 1. The van der Waals surface area contributed by atoms with Crippen molar-refractivity contribution in [2.24, 2.45) is 0 Å². The van der Waals surface area contributed by atoms with Gasteiger partial charge in [-0.15, -0.1) is 0 Å². The van der Waals surface area contributed by atoms with Crippen LogP contribution in [0.15, 0.2) is 47.4 Å². The molecule has 1 amide bonds. The number of methoxy groups -OCH3 is 1. The Morgan fingerprint density at radius 2 is 1.93 bits per heavy atom. The summed E-state index contributed by atoms with van der Waals surface area (Å²) in [4.78, 5) is 25.0. The number of nitro benzene ring substituents is 1. The maximum absolute atomic E-state index is 12.9. The number of anilines is 1. The first kappa shape index (κ1) is 20.8. The van der Waals surface area contributed by atoms with Gasteiger partial charge in [-0.1, -0.05) is 37.0 Å². The maximum atomic E-state index is 12.9. The molecule has 1 fully saturated rings. The fourth-order valence-electron chi connectivity index (χ4n) is 2.67. The number of thiocarbonyl (C=S) groups is 1. The Balaban J connectivity index is 1.85. The molecule has 0 N–H and O–H groups in total. The fraction of sp³-hybridized carbons (Fsp3) is 0.200. The molecule has 3 rings (SSSR count). The minimum atomic E-state index is -0.491. The van der Waals surface area contributed by atoms with E-state index >= 15 is 0 Å². The largest absolute Gasteiger partial charge is 0.493 e. The number of non-ortho nitro benzene ring substituents is 1. The van der Waals surface area contributed by atoms with Gasteiger partial charge in [-0.2, -0.15) is 0 Å². The van der Waals surface area contributed by atoms with Gasteiger partial charge in [0, 0.05) is 12.1 Å². The molecule has 29 heavy (non-hydrogen) atoms. The number of amides is 1. The van der Waals surface area contributed by atoms with Crippen LogP contribution in [0.25, 0.3) is 6.08 Å². The molecule has 0 bridgehead atoms. The van der Waals surface area contributed by atoms with E-state index in [9.17, 15) is 14.9 Å². The molecule has 0 atom stereocenters. The predicted molar refractivity (Wildman–Crippen MR) is 118 cm³/mol. The van der Waals surface area contributed by atoms with Gasteiger partial charge in [0.05, 0.1) is 29.2 Å². The normalized spacial score (nSPS) is 15.1. The maximum Gasteiger partial charge on any atom is 0.270 e. The van der Waals surface area contributed by atoms with Crippen LogP contribution in [0.4, 0.5) is 11.4 Å². The van der Waals surface area contributed by atoms with E-state index < -0.39 is 4.92 Å². The summed E-state index contributed by atoms with van der Waals surface area (Å²) in [7, 11) is 1.56. The summed E-state index contributed by atoms with van der Waals surface area (Å²) in [6, 6.07) is 11.1. The zero-order valence-corrected chi connectivity index (χ0v) is 17.4. The van der Waals surface area contributed by atoms with Gasteiger partial charge in [0.15, 0.2) is 15.8 Å². The van der Waals surface area contributed by atoms with Crippen LogP contribution in [0.5, 0.6) is 11.5 Å². The molecular weight excluding hydrogens is 412 g/mol. The van der Waals surface area contributed by atoms with E-state index in [4.69, 9.17) is 21.7 Å². The molecule has 0 spiro atoms. The van der Waals surface area contributed by atoms with Gasteiger partial charge < -0.3 is 9.47 Å². The van der Waals surface area contributed by atoms with Gasteiger partial charge in [-0.25, -0.2) is 0 Å². The first-order valence-corrected chi connectivity index (χ1v) is 10.00. The Hall–Kier alpha value is -2.91. The lowest BCUT2D eigenvalue weighted by molar-refractivity contribution is -0.384. The minimum Gasteiger partial charge on any atom is -0.493 e. The number of benzene rings is 2. The lowest BCUT2D eigenvalue weighted by atomic mass is 10.1. The second kappa shape index (κ2) is 9.06. The fourth-order valence-corrected chi connectivity index (χ4v) is 3.97. The van der Waals surface area contributed by atoms with Crippen molar-refractivity contribution < 1.29 is 19.2 Å². The topological polar surface area (TPSA) is 81.9 Å². The quantitative estimate of drug-likeness (QED) is 0.270. The number of carbonyl (C=O) groups is 1. The van der Waals surface area contributed by atoms with Crippen LogP contribution in [0.1, 0.15) is 18.9 Å². The van der Waals surface area contributed by atoms with Crippen molar-refractivity contribution in [3.8, 4) is 11.5 Å². The molecule has 1 saturated heterocycles. The van der Waals surface area contributed by atoms with E-state index in [1.807, 2.05) is 13.0 Å². The molecule has 0 radical (unpaired) electrons. The summed E-state index contributed by atoms with van der Waals surface area (Å²) in [6.07, 6.45) is 2.62. The molecule has 1 aliphatic rings. The van der Waals surface area contributed by atoms with Crippen molar-refractivity contribution in [1.29, 1.82) is 0 Å². The zero-order valence-electron chi connectivity index (χ0n) is 15.8. The van der Waals surface area contributed by atoms with E-state index in [0.717, 1.165) is 12.0 Å². The van der Waals surface area contributed by atoms with Crippen LogP contribution in [-0.4, -0.2) is 28.9 Å². The van der Waals surface area contributed by atoms with Crippen LogP contribution in [-0.2, 0) is 4.79 Å². The highest BCUT2D eigenvalue weighted by Gasteiger charge is 2.33. The Morgan fingerprint density at radius 3 is 2.55 bits per heavy atom. The third kappa shape index (κ3) is 4.57. The van der Waals surface area contributed by atoms with Crippen LogP contribution >= 0.6 is 24.0 Å². The average molecular weight is 431 g/mol. The highest BCUT2D eigenvalue weighted by Crippen LogP contribution is 2.37. The molecule has 2 aromatic rings. The highest BCUT2D eigenvalue weighted by molar-refractivity contribution is 8.27. The van der Waals surface area contributed by atoms with Crippen molar-refractivity contribution in [3.05, 3.63) is 63.0 Å². The van der Waals surface area contributed by atoms with Crippen molar-refractivity contribution in [2.45, 2.75) is 13.3 Å². The van der Waals surface area contributed by atoms with Crippen LogP contribution in [0.2, 0.25) is 0 Å². The minimum absolute atomic E-state index is 0.0489. The lowest BCUT2D eigenvalue weighted by Crippen LogP contribution is -2.27. The first-order valence-electron chi connectivity index (χ1n) is 8.78. The smallest absolute Gasteiger partial charge is 0.270 e. The van der Waals surface area contributed by atoms with Crippen LogP contribution in [0.3, 0.4) is 0 Å². The number of nitrogens with zero attached hydrogens (tertiary/aromatic N) is 2. The molecule has 0 unspecified atom stereocenters. The summed E-state index contributed by atoms with van der Waals surface area (Å²) in [5.41, 5.74) is 1.21. The molecule has 2 aromatic carbocycles. The molecule has 7 nitrogen and oxygen atoms in total. The van der Waals surface area contributed by atoms with Crippen molar-refractivity contribution in [2.75, 3.05) is 18.6 Å². The molecule has 1 aliphatic heterocycles. The number of ether oxygens (including phenoxy) is 2. The van der Waals surface area contributed by atoms with Gasteiger partial charge in [0.25, 0.3) is 11.6 Å².